The quantitative estimate of drug-likeness (QED) is 0.746. The highest BCUT2D eigenvalue weighted by molar-refractivity contribution is 6.32. The van der Waals surface area contributed by atoms with Crippen LogP contribution in [0.2, 0.25) is 5.02 Å². The van der Waals surface area contributed by atoms with Gasteiger partial charge in [0.1, 0.15) is 17.4 Å². The minimum absolute atomic E-state index is 0.121. The minimum atomic E-state index is -1.26. The van der Waals surface area contributed by atoms with Crippen LogP contribution in [0, 0.1) is 0 Å². The Hall–Kier alpha value is -1.95. The monoisotopic (exact) mass is 371 g/mol. The van der Waals surface area contributed by atoms with Crippen molar-refractivity contribution >= 4 is 23.7 Å². The van der Waals surface area contributed by atoms with Gasteiger partial charge in [-0.25, -0.2) is 9.59 Å². The van der Waals surface area contributed by atoms with Crippen molar-refractivity contribution < 1.29 is 24.5 Å². The summed E-state index contributed by atoms with van der Waals surface area (Å²) in [5.41, 5.74) is 0.223. The number of aliphatic carboxylic acids is 1. The number of halogens is 1. The van der Waals surface area contributed by atoms with E-state index in [0.29, 0.717) is 5.56 Å². The number of aromatic hydroxyl groups is 1. The molecule has 1 aromatic rings. The molecule has 0 aliphatic rings. The second-order valence-electron chi connectivity index (χ2n) is 7.96. The predicted molar refractivity (Wildman–Crippen MR) is 96.3 cm³/mol. The lowest BCUT2D eigenvalue weighted by Crippen LogP contribution is -2.44. The molecule has 0 spiro atoms. The number of ether oxygens (including phenoxy) is 1. The Morgan fingerprint density at radius 1 is 1.20 bits per heavy atom. The molecule has 6 nitrogen and oxygen atoms in total. The third-order valence-electron chi connectivity index (χ3n) is 3.42. The van der Waals surface area contributed by atoms with Crippen molar-refractivity contribution in [3.05, 3.63) is 28.3 Å². The number of carboxylic acids is 1. The van der Waals surface area contributed by atoms with E-state index in [1.807, 2.05) is 20.8 Å². The summed E-state index contributed by atoms with van der Waals surface area (Å²) < 4.78 is 5.09. The molecule has 25 heavy (non-hydrogen) atoms. The van der Waals surface area contributed by atoms with E-state index in [4.69, 9.17) is 16.3 Å². The first-order valence-electron chi connectivity index (χ1n) is 7.95. The van der Waals surface area contributed by atoms with Crippen LogP contribution < -0.4 is 5.32 Å². The Bertz CT molecular complexity index is 659. The lowest BCUT2D eigenvalue weighted by atomic mass is 9.85. The maximum absolute atomic E-state index is 11.9. The highest BCUT2D eigenvalue weighted by atomic mass is 35.5. The number of phenolic OH excluding ortho intramolecular Hbond substituents is 1. The Morgan fingerprint density at radius 3 is 2.20 bits per heavy atom. The maximum atomic E-state index is 11.9. The third-order valence-corrected chi connectivity index (χ3v) is 3.71. The van der Waals surface area contributed by atoms with Gasteiger partial charge in [0, 0.05) is 6.42 Å². The van der Waals surface area contributed by atoms with Crippen LogP contribution in [0.15, 0.2) is 12.1 Å². The predicted octanol–water partition coefficient (Wildman–Crippen LogP) is 3.86. The van der Waals surface area contributed by atoms with E-state index in [9.17, 15) is 19.8 Å². The topological polar surface area (TPSA) is 95.9 Å². The largest absolute Gasteiger partial charge is 0.506 e. The van der Waals surface area contributed by atoms with Crippen LogP contribution in [0.5, 0.6) is 5.75 Å². The molecule has 0 saturated heterocycles. The van der Waals surface area contributed by atoms with Crippen molar-refractivity contribution in [2.24, 2.45) is 0 Å². The zero-order valence-electron chi connectivity index (χ0n) is 15.4. The lowest BCUT2D eigenvalue weighted by Gasteiger charge is -2.24. The van der Waals surface area contributed by atoms with Gasteiger partial charge in [-0.1, -0.05) is 38.4 Å². The SMILES string of the molecule is CC(C)(C)OC(=O)NC(Cc1cc(C(C)(C)C)cc(Cl)c1O)C(=O)O. The van der Waals surface area contributed by atoms with E-state index >= 15 is 0 Å². The minimum Gasteiger partial charge on any atom is -0.506 e. The van der Waals surface area contributed by atoms with Crippen LogP contribution in [0.1, 0.15) is 52.7 Å². The molecule has 1 unspecified atom stereocenters. The van der Waals surface area contributed by atoms with Gasteiger partial charge in [-0.3, -0.25) is 0 Å². The molecule has 0 aliphatic heterocycles. The summed E-state index contributed by atoms with van der Waals surface area (Å²) in [5, 5.41) is 22.0. The number of amides is 1. The molecule has 1 atom stereocenters. The number of benzene rings is 1. The molecule has 0 fully saturated rings. The number of carboxylic acid groups (broad SMARTS) is 1. The molecule has 0 saturated carbocycles. The van der Waals surface area contributed by atoms with E-state index in [2.05, 4.69) is 5.32 Å². The van der Waals surface area contributed by atoms with E-state index in [1.54, 1.807) is 32.9 Å². The number of alkyl carbamates (subject to hydrolysis) is 1. The van der Waals surface area contributed by atoms with Crippen LogP contribution in [0.25, 0.3) is 0 Å². The zero-order chi connectivity index (χ0) is 19.6. The molecule has 0 aromatic heterocycles. The van der Waals surface area contributed by atoms with E-state index in [-0.39, 0.29) is 22.6 Å². The first kappa shape index (κ1) is 21.1. The van der Waals surface area contributed by atoms with Crippen LogP contribution in [-0.4, -0.2) is 33.9 Å². The number of phenols is 1. The summed E-state index contributed by atoms with van der Waals surface area (Å²) in [4.78, 5) is 23.4. The number of hydrogen-bond acceptors (Lipinski definition) is 4. The molecule has 1 aromatic carbocycles. The van der Waals surface area contributed by atoms with E-state index < -0.39 is 23.7 Å². The summed E-state index contributed by atoms with van der Waals surface area (Å²) in [5.74, 6) is -1.42. The van der Waals surface area contributed by atoms with Gasteiger partial charge in [0.25, 0.3) is 0 Å². The smallest absolute Gasteiger partial charge is 0.408 e. The molecule has 140 valence electrons. The fourth-order valence-electron chi connectivity index (χ4n) is 2.11. The Labute approximate surface area is 153 Å². The summed E-state index contributed by atoms with van der Waals surface area (Å²) in [6.45, 7) is 11.0. The van der Waals surface area contributed by atoms with Gasteiger partial charge >= 0.3 is 12.1 Å². The molecule has 0 bridgehead atoms. The van der Waals surface area contributed by atoms with Crippen molar-refractivity contribution in [3.8, 4) is 5.75 Å². The Balaban J connectivity index is 3.08. The maximum Gasteiger partial charge on any atom is 0.408 e. The number of nitrogens with one attached hydrogen (secondary N) is 1. The second-order valence-corrected chi connectivity index (χ2v) is 8.36. The number of hydrogen-bond donors (Lipinski definition) is 3. The highest BCUT2D eigenvalue weighted by Gasteiger charge is 2.26. The van der Waals surface area contributed by atoms with E-state index in [0.717, 1.165) is 5.56 Å². The lowest BCUT2D eigenvalue weighted by molar-refractivity contribution is -0.139. The van der Waals surface area contributed by atoms with Crippen molar-refractivity contribution in [3.63, 3.8) is 0 Å². The van der Waals surface area contributed by atoms with Crippen LogP contribution in [0.3, 0.4) is 0 Å². The number of rotatable bonds is 4. The average Bonchev–Trinajstić information content (AvgIpc) is 2.39. The standard InChI is InChI=1S/C18H26ClNO5/c1-17(2,3)11-7-10(14(21)12(19)9-11)8-13(15(22)23)20-16(24)25-18(4,5)6/h7,9,13,21H,8H2,1-6H3,(H,20,24)(H,22,23). The van der Waals surface area contributed by atoms with Gasteiger partial charge < -0.3 is 20.3 Å². The molecule has 0 radical (unpaired) electrons. The molecule has 1 rings (SSSR count). The summed E-state index contributed by atoms with van der Waals surface area (Å²) >= 11 is 6.07. The van der Waals surface area contributed by atoms with Crippen LogP contribution >= 0.6 is 11.6 Å². The highest BCUT2D eigenvalue weighted by Crippen LogP contribution is 2.34. The molecule has 3 N–H and O–H groups in total. The Morgan fingerprint density at radius 2 is 1.76 bits per heavy atom. The van der Waals surface area contributed by atoms with Crippen molar-refractivity contribution in [2.45, 2.75) is 65.0 Å². The van der Waals surface area contributed by atoms with Crippen LogP contribution in [0.4, 0.5) is 4.79 Å². The van der Waals surface area contributed by atoms with Crippen LogP contribution in [-0.2, 0) is 21.4 Å². The van der Waals surface area contributed by atoms with Gasteiger partial charge in [-0.2, -0.15) is 0 Å². The Kier molecular flexibility index (Phi) is 6.34. The fraction of sp³-hybridized carbons (Fsp3) is 0.556. The van der Waals surface area contributed by atoms with Crippen molar-refractivity contribution in [1.82, 2.24) is 5.32 Å². The molecule has 0 aliphatic carbocycles. The first-order chi connectivity index (χ1) is 11.2. The summed E-state index contributed by atoms with van der Waals surface area (Å²) in [7, 11) is 0. The molecular formula is C18H26ClNO5. The normalized spacial score (nSPS) is 13.2. The average molecular weight is 372 g/mol. The molecular weight excluding hydrogens is 346 g/mol. The van der Waals surface area contributed by atoms with Crippen molar-refractivity contribution in [2.75, 3.05) is 0 Å². The summed E-state index contributed by atoms with van der Waals surface area (Å²) in [6, 6.07) is 2.10. The van der Waals surface area contributed by atoms with Gasteiger partial charge in [0.15, 0.2) is 0 Å². The zero-order valence-corrected chi connectivity index (χ0v) is 16.2. The number of carbonyl (C=O) groups is 2. The second kappa shape index (κ2) is 7.52. The van der Waals surface area contributed by atoms with Gasteiger partial charge in [0.2, 0.25) is 0 Å². The third kappa shape index (κ3) is 6.46. The van der Waals surface area contributed by atoms with Gasteiger partial charge in [-0.05, 0) is 43.4 Å². The molecule has 1 amide bonds. The van der Waals surface area contributed by atoms with Gasteiger partial charge in [0.05, 0.1) is 5.02 Å². The van der Waals surface area contributed by atoms with Crippen molar-refractivity contribution in [1.29, 1.82) is 0 Å². The van der Waals surface area contributed by atoms with Gasteiger partial charge in [-0.15, -0.1) is 0 Å². The first-order valence-corrected chi connectivity index (χ1v) is 8.32. The fourth-order valence-corrected chi connectivity index (χ4v) is 2.35. The number of carbonyl (C=O) groups excluding carboxylic acids is 1. The van der Waals surface area contributed by atoms with E-state index in [1.165, 1.54) is 0 Å². The molecule has 7 heteroatoms. The summed E-state index contributed by atoms with van der Waals surface area (Å²) in [6.07, 6.45) is -0.957. The molecule has 0 heterocycles.